The highest BCUT2D eigenvalue weighted by Crippen LogP contribution is 2.33. The topological polar surface area (TPSA) is 15.3 Å². The van der Waals surface area contributed by atoms with Gasteiger partial charge in [-0.25, -0.2) is 0 Å². The van der Waals surface area contributed by atoms with Crippen molar-refractivity contribution >= 4 is 0 Å². The van der Waals surface area contributed by atoms with E-state index in [0.717, 1.165) is 18.1 Å². The molecular formula is C12H24N2. The Bertz CT molecular complexity index is 169. The third kappa shape index (κ3) is 2.29. The largest absolute Gasteiger partial charge is 0.317 e. The number of nitrogens with zero attached hydrogens (tertiary/aromatic N) is 1. The van der Waals surface area contributed by atoms with Crippen molar-refractivity contribution < 1.29 is 0 Å². The molecule has 2 nitrogen and oxygen atoms in total. The van der Waals surface area contributed by atoms with Crippen molar-refractivity contribution in [3.05, 3.63) is 0 Å². The number of rotatable bonds is 4. The lowest BCUT2D eigenvalue weighted by molar-refractivity contribution is 0.143. The summed E-state index contributed by atoms with van der Waals surface area (Å²) in [6.45, 7) is 3.59. The fraction of sp³-hybridized carbons (Fsp3) is 1.00. The zero-order valence-electron chi connectivity index (χ0n) is 9.63. The Morgan fingerprint density at radius 3 is 1.86 bits per heavy atom. The van der Waals surface area contributed by atoms with E-state index in [4.69, 9.17) is 0 Å². The van der Waals surface area contributed by atoms with Gasteiger partial charge in [0.05, 0.1) is 0 Å². The van der Waals surface area contributed by atoms with E-state index in [2.05, 4.69) is 24.2 Å². The molecule has 0 aromatic carbocycles. The molecule has 0 saturated heterocycles. The summed E-state index contributed by atoms with van der Waals surface area (Å²) in [6.07, 6.45) is 8.50. The molecule has 2 rings (SSSR count). The molecule has 0 heterocycles. The molecule has 1 N–H and O–H groups in total. The molecule has 2 fully saturated rings. The van der Waals surface area contributed by atoms with E-state index in [1.807, 2.05) is 0 Å². The van der Waals surface area contributed by atoms with Crippen LogP contribution < -0.4 is 5.32 Å². The predicted octanol–water partition coefficient (Wildman–Crippen LogP) is 2.00. The van der Waals surface area contributed by atoms with Crippen molar-refractivity contribution in [2.24, 2.45) is 0 Å². The number of nitrogens with one attached hydrogen (secondary N) is 1. The van der Waals surface area contributed by atoms with E-state index in [0.29, 0.717) is 0 Å². The standard InChI is InChI=1S/C12H24N2/c1-3-14(12-8-9-12)11-6-4-10(13-2)5-7-11/h10-13H,3-9H2,1-2H3. The third-order valence-corrected chi connectivity index (χ3v) is 3.96. The lowest BCUT2D eigenvalue weighted by atomic mass is 9.90. The van der Waals surface area contributed by atoms with Gasteiger partial charge in [0.2, 0.25) is 0 Å². The molecule has 2 saturated carbocycles. The van der Waals surface area contributed by atoms with Crippen LogP contribution in [0.1, 0.15) is 45.4 Å². The monoisotopic (exact) mass is 196 g/mol. The molecule has 2 aliphatic carbocycles. The molecule has 0 amide bonds. The molecule has 2 aliphatic rings. The van der Waals surface area contributed by atoms with Gasteiger partial charge in [0.25, 0.3) is 0 Å². The van der Waals surface area contributed by atoms with Crippen LogP contribution in [0, 0.1) is 0 Å². The average molecular weight is 196 g/mol. The second kappa shape index (κ2) is 4.63. The molecule has 14 heavy (non-hydrogen) atoms. The second-order valence-electron chi connectivity index (χ2n) is 4.86. The fourth-order valence-electron chi connectivity index (χ4n) is 2.92. The van der Waals surface area contributed by atoms with Gasteiger partial charge in [-0.2, -0.15) is 0 Å². The van der Waals surface area contributed by atoms with Gasteiger partial charge in [-0.05, 0) is 52.1 Å². The Morgan fingerprint density at radius 1 is 1.00 bits per heavy atom. The summed E-state index contributed by atoms with van der Waals surface area (Å²) < 4.78 is 0. The molecule has 0 atom stereocenters. The molecule has 0 aromatic heterocycles. The molecule has 0 aliphatic heterocycles. The van der Waals surface area contributed by atoms with Crippen LogP contribution in [0.5, 0.6) is 0 Å². The summed E-state index contributed by atoms with van der Waals surface area (Å²) in [5, 5.41) is 3.41. The minimum absolute atomic E-state index is 0.796. The average Bonchev–Trinajstić information content (AvgIpc) is 3.04. The van der Waals surface area contributed by atoms with E-state index in [1.165, 1.54) is 45.1 Å². The van der Waals surface area contributed by atoms with Crippen molar-refractivity contribution in [2.45, 2.75) is 63.6 Å². The Kier molecular flexibility index (Phi) is 3.45. The van der Waals surface area contributed by atoms with Gasteiger partial charge in [0, 0.05) is 18.1 Å². The first-order valence-corrected chi connectivity index (χ1v) is 6.28. The first-order valence-electron chi connectivity index (χ1n) is 6.28. The molecule has 0 aromatic rings. The summed E-state index contributed by atoms with van der Waals surface area (Å²) >= 11 is 0. The van der Waals surface area contributed by atoms with Crippen LogP contribution in [-0.4, -0.2) is 36.6 Å². The maximum absolute atomic E-state index is 3.41. The Morgan fingerprint density at radius 2 is 1.50 bits per heavy atom. The van der Waals surface area contributed by atoms with E-state index in [1.54, 1.807) is 0 Å². The smallest absolute Gasteiger partial charge is 0.00992 e. The summed E-state index contributed by atoms with van der Waals surface area (Å²) in [7, 11) is 2.10. The van der Waals surface area contributed by atoms with E-state index < -0.39 is 0 Å². The Hall–Kier alpha value is -0.0800. The zero-order valence-corrected chi connectivity index (χ0v) is 9.63. The molecule has 0 radical (unpaired) electrons. The van der Waals surface area contributed by atoms with Gasteiger partial charge in [-0.3, -0.25) is 4.90 Å². The normalized spacial score (nSPS) is 33.6. The maximum Gasteiger partial charge on any atom is 0.00992 e. The Labute approximate surface area is 88.1 Å². The fourth-order valence-corrected chi connectivity index (χ4v) is 2.92. The maximum atomic E-state index is 3.41. The number of hydrogen-bond acceptors (Lipinski definition) is 2. The summed E-state index contributed by atoms with van der Waals surface area (Å²) in [4.78, 5) is 2.76. The van der Waals surface area contributed by atoms with Gasteiger partial charge in [0.1, 0.15) is 0 Å². The lowest BCUT2D eigenvalue weighted by Gasteiger charge is -2.36. The minimum atomic E-state index is 0.796. The summed E-state index contributed by atoms with van der Waals surface area (Å²) in [6, 6.07) is 2.65. The van der Waals surface area contributed by atoms with Crippen molar-refractivity contribution in [1.29, 1.82) is 0 Å². The van der Waals surface area contributed by atoms with E-state index in [-0.39, 0.29) is 0 Å². The van der Waals surface area contributed by atoms with Gasteiger partial charge in [-0.1, -0.05) is 6.92 Å². The highest BCUT2D eigenvalue weighted by molar-refractivity contribution is 4.90. The van der Waals surface area contributed by atoms with Gasteiger partial charge < -0.3 is 5.32 Å². The van der Waals surface area contributed by atoms with Crippen molar-refractivity contribution in [1.82, 2.24) is 10.2 Å². The minimum Gasteiger partial charge on any atom is -0.317 e. The molecule has 82 valence electrons. The third-order valence-electron chi connectivity index (χ3n) is 3.96. The van der Waals surface area contributed by atoms with Crippen LogP contribution in [-0.2, 0) is 0 Å². The van der Waals surface area contributed by atoms with Gasteiger partial charge in [0.15, 0.2) is 0 Å². The quantitative estimate of drug-likeness (QED) is 0.740. The second-order valence-corrected chi connectivity index (χ2v) is 4.86. The van der Waals surface area contributed by atoms with E-state index >= 15 is 0 Å². The highest BCUT2D eigenvalue weighted by atomic mass is 15.2. The molecule has 0 unspecified atom stereocenters. The first-order chi connectivity index (χ1) is 6.85. The summed E-state index contributed by atoms with van der Waals surface area (Å²) in [5.74, 6) is 0. The van der Waals surface area contributed by atoms with Crippen LogP contribution in [0.2, 0.25) is 0 Å². The van der Waals surface area contributed by atoms with Crippen molar-refractivity contribution in [3.8, 4) is 0 Å². The van der Waals surface area contributed by atoms with Crippen molar-refractivity contribution in [2.75, 3.05) is 13.6 Å². The van der Waals surface area contributed by atoms with Crippen LogP contribution >= 0.6 is 0 Å². The van der Waals surface area contributed by atoms with Gasteiger partial charge >= 0.3 is 0 Å². The zero-order chi connectivity index (χ0) is 9.97. The SMILES string of the molecule is CCN(C1CCC(NC)CC1)C1CC1. The lowest BCUT2D eigenvalue weighted by Crippen LogP contribution is -2.42. The molecular weight excluding hydrogens is 172 g/mol. The molecule has 0 spiro atoms. The van der Waals surface area contributed by atoms with Gasteiger partial charge in [-0.15, -0.1) is 0 Å². The van der Waals surface area contributed by atoms with Crippen molar-refractivity contribution in [3.63, 3.8) is 0 Å². The highest BCUT2D eigenvalue weighted by Gasteiger charge is 2.34. The Balaban J connectivity index is 1.80. The van der Waals surface area contributed by atoms with Crippen LogP contribution in [0.15, 0.2) is 0 Å². The predicted molar refractivity (Wildman–Crippen MR) is 60.5 cm³/mol. The van der Waals surface area contributed by atoms with E-state index in [9.17, 15) is 0 Å². The van der Waals surface area contributed by atoms with Crippen LogP contribution in [0.4, 0.5) is 0 Å². The molecule has 0 bridgehead atoms. The first kappa shape index (κ1) is 10.4. The van der Waals surface area contributed by atoms with Crippen LogP contribution in [0.3, 0.4) is 0 Å². The summed E-state index contributed by atoms with van der Waals surface area (Å²) in [5.41, 5.74) is 0. The number of hydrogen-bond donors (Lipinski definition) is 1. The van der Waals surface area contributed by atoms with Crippen LogP contribution in [0.25, 0.3) is 0 Å². The molecule has 2 heteroatoms.